The minimum absolute atomic E-state index is 0.0281. The van der Waals surface area contributed by atoms with E-state index >= 15 is 19.2 Å². The van der Waals surface area contributed by atoms with E-state index in [0.29, 0.717) is 18.1 Å². The van der Waals surface area contributed by atoms with Gasteiger partial charge >= 0.3 is 0 Å². The third kappa shape index (κ3) is 22.3. The lowest BCUT2D eigenvalue weighted by Gasteiger charge is -2.41. The van der Waals surface area contributed by atoms with Gasteiger partial charge in [0.2, 0.25) is 71.3 Å². The predicted molar refractivity (Wildman–Crippen MR) is 374 cm³/mol. The van der Waals surface area contributed by atoms with E-state index < -0.39 is 162 Å². The Balaban J connectivity index is 1.89. The fourth-order valence-corrected chi connectivity index (χ4v) is 12.7. The van der Waals surface area contributed by atoms with Crippen LogP contribution in [0.2, 0.25) is 0 Å². The maximum atomic E-state index is 15.7. The first kappa shape index (κ1) is 82.6. The summed E-state index contributed by atoms with van der Waals surface area (Å²) in [6.07, 6.45) is -1.12. The lowest BCUT2D eigenvalue weighted by molar-refractivity contribution is -0.160. The molecule has 548 valence electrons. The molecule has 4 N–H and O–H groups in total. The Bertz CT molecular complexity index is 3050. The van der Waals surface area contributed by atoms with Gasteiger partial charge in [0.25, 0.3) is 0 Å². The number of nitrogens with zero attached hydrogens (tertiary/aromatic N) is 7. The van der Waals surface area contributed by atoms with Crippen molar-refractivity contribution >= 4 is 65.0 Å². The van der Waals surface area contributed by atoms with E-state index in [4.69, 9.17) is 14.2 Å². The molecule has 98 heavy (non-hydrogen) atoms. The average molecular weight is 1370 g/mol. The van der Waals surface area contributed by atoms with Crippen LogP contribution in [0.4, 0.5) is 0 Å². The van der Waals surface area contributed by atoms with Crippen molar-refractivity contribution in [2.75, 3.05) is 55.9 Å². The van der Waals surface area contributed by atoms with Crippen LogP contribution >= 0.6 is 0 Å². The lowest BCUT2D eigenvalue weighted by Crippen LogP contribution is -2.63. The second kappa shape index (κ2) is 37.4. The Morgan fingerprint density at radius 3 is 1.50 bits per heavy atom. The molecule has 4 rings (SSSR count). The molecule has 25 nitrogen and oxygen atoms in total. The highest BCUT2D eigenvalue weighted by Gasteiger charge is 2.49. The quantitative estimate of drug-likeness (QED) is 0.148. The zero-order valence-corrected chi connectivity index (χ0v) is 62.7. The van der Waals surface area contributed by atoms with Gasteiger partial charge in [0.05, 0.1) is 12.6 Å². The molecule has 2 aromatic carbocycles. The van der Waals surface area contributed by atoms with Crippen molar-refractivity contribution in [2.24, 2.45) is 41.4 Å². The molecular weight excluding hydrogens is 1250 g/mol. The summed E-state index contributed by atoms with van der Waals surface area (Å²) in [5.74, 6) is -8.50. The summed E-state index contributed by atoms with van der Waals surface area (Å²) in [6.45, 7) is 28.2. The summed E-state index contributed by atoms with van der Waals surface area (Å²) in [4.78, 5) is 172. The van der Waals surface area contributed by atoms with Crippen molar-refractivity contribution in [1.82, 2.24) is 55.6 Å². The van der Waals surface area contributed by atoms with Crippen LogP contribution in [0.1, 0.15) is 155 Å². The first-order chi connectivity index (χ1) is 45.7. The minimum Gasteiger partial charge on any atom is -0.489 e. The number of carbonyl (C=O) groups excluding carboxylic acids is 11. The van der Waals surface area contributed by atoms with Crippen molar-refractivity contribution in [3.63, 3.8) is 0 Å². The summed E-state index contributed by atoms with van der Waals surface area (Å²) < 4.78 is 19.2. The normalized spacial score (nSPS) is 27.1. The van der Waals surface area contributed by atoms with Gasteiger partial charge in [-0.3, -0.25) is 52.7 Å². The Morgan fingerprint density at radius 2 is 0.969 bits per heavy atom. The molecule has 0 unspecified atom stereocenters. The van der Waals surface area contributed by atoms with Gasteiger partial charge < -0.3 is 69.8 Å². The van der Waals surface area contributed by atoms with E-state index in [-0.39, 0.29) is 62.2 Å². The number of amides is 11. The highest BCUT2D eigenvalue weighted by Crippen LogP contribution is 2.34. The second-order valence-corrected chi connectivity index (χ2v) is 29.4. The first-order valence-corrected chi connectivity index (χ1v) is 34.9. The summed E-state index contributed by atoms with van der Waals surface area (Å²) in [7, 11) is 10.1. The topological polar surface area (TPSA) is 286 Å². The van der Waals surface area contributed by atoms with Crippen LogP contribution in [-0.2, 0) is 64.1 Å². The summed E-state index contributed by atoms with van der Waals surface area (Å²) in [5, 5.41) is 11.2. The molecule has 0 spiro atoms. The van der Waals surface area contributed by atoms with E-state index in [1.54, 1.807) is 58.9 Å². The van der Waals surface area contributed by atoms with Crippen LogP contribution in [0.5, 0.6) is 11.5 Å². The molecule has 2 saturated heterocycles. The first-order valence-electron chi connectivity index (χ1n) is 34.9. The van der Waals surface area contributed by atoms with E-state index in [1.165, 1.54) is 92.6 Å². The molecule has 2 heterocycles. The standard InChI is InChI=1S/C73H117N11O14/c1-24-53-69(91)78(17)39-58(85)79(18)54(33-41(2)3)66(88)77-60(45(10)11)72(94)80(19)55(34-42(4)5)65(87)74-48(15)64(86)75-49(16)68(90)81(20)56(35-43(6)7)70(92)82(21)57(36-44(8)9)71(93)83(22)61(46(12)13)73(95)84(23)62(67(89)76-53)63-47(14)37-59(98-63)97-52-32-28-31-51(38-52)96-40-50-29-26-25-27-30-50/h25-32,38,41-49,53-57,59-63H,24,33-37,39-40H2,1-23H3,(H,74,87)(H,75,86)(H,76,89)(H,77,88)/t47-,48+,49-,53+,54+,55+,56+,57+,59+,60+,61+,62+,63-/m1/s1. The number of rotatable bonds is 17. The largest absolute Gasteiger partial charge is 0.489 e. The monoisotopic (exact) mass is 1370 g/mol. The Morgan fingerprint density at radius 1 is 0.480 bits per heavy atom. The van der Waals surface area contributed by atoms with Gasteiger partial charge in [-0.1, -0.05) is 133 Å². The molecule has 0 bridgehead atoms. The molecule has 0 aliphatic carbocycles. The van der Waals surface area contributed by atoms with E-state index in [0.717, 1.165) is 10.5 Å². The number of carbonyl (C=O) groups is 11. The van der Waals surface area contributed by atoms with Crippen molar-refractivity contribution in [1.29, 1.82) is 0 Å². The molecule has 2 aromatic rings. The third-order valence-electron chi connectivity index (χ3n) is 18.5. The van der Waals surface area contributed by atoms with E-state index in [2.05, 4.69) is 21.3 Å². The van der Waals surface area contributed by atoms with Gasteiger partial charge in [0.15, 0.2) is 0 Å². The summed E-state index contributed by atoms with van der Waals surface area (Å²) in [5.41, 5.74) is 0.964. The van der Waals surface area contributed by atoms with Crippen LogP contribution in [0.25, 0.3) is 0 Å². The maximum Gasteiger partial charge on any atom is 0.246 e. The van der Waals surface area contributed by atoms with Gasteiger partial charge in [0, 0.05) is 61.8 Å². The Kier molecular flexibility index (Phi) is 31.5. The minimum atomic E-state index is -1.47. The van der Waals surface area contributed by atoms with Gasteiger partial charge in [0.1, 0.15) is 78.5 Å². The van der Waals surface area contributed by atoms with E-state index in [1.807, 2.05) is 92.6 Å². The van der Waals surface area contributed by atoms with Crippen molar-refractivity contribution in [2.45, 2.75) is 229 Å². The van der Waals surface area contributed by atoms with E-state index in [9.17, 15) is 33.6 Å². The smallest absolute Gasteiger partial charge is 0.246 e. The number of benzene rings is 2. The van der Waals surface area contributed by atoms with Crippen molar-refractivity contribution in [3.8, 4) is 11.5 Å². The fourth-order valence-electron chi connectivity index (χ4n) is 12.7. The van der Waals surface area contributed by atoms with Gasteiger partial charge in [-0.15, -0.1) is 0 Å². The SMILES string of the molecule is CC[C@@H]1NC(=O)[C@H]([C@@H]2O[C@H](Oc3cccc(OCc4ccccc4)c3)C[C@H]2C)N(C)C(=O)[C@H](C(C)C)N(C)C(=O)[C@H](CC(C)C)N(C)C(=O)[C@H](CC(C)C)N(C)C(=O)[C@@H](C)NC(=O)[C@H](C)NC(=O)[C@H](CC(C)C)N(C)C(=O)[C@H](C(C)C)NC(=O)[C@H](CC(C)C)N(C)C(=O)CN(C)C1=O. The summed E-state index contributed by atoms with van der Waals surface area (Å²) in [6, 6.07) is 4.44. The van der Waals surface area contributed by atoms with Gasteiger partial charge in [-0.25, -0.2) is 0 Å². The maximum absolute atomic E-state index is 15.7. The van der Waals surface area contributed by atoms with Crippen molar-refractivity contribution in [3.05, 3.63) is 60.2 Å². The molecule has 2 aliphatic heterocycles. The molecule has 0 radical (unpaired) electrons. The molecule has 11 amide bonds. The van der Waals surface area contributed by atoms with Gasteiger partial charge in [-0.2, -0.15) is 0 Å². The van der Waals surface area contributed by atoms with Crippen LogP contribution in [0.15, 0.2) is 54.6 Å². The number of hydrogen-bond acceptors (Lipinski definition) is 14. The summed E-state index contributed by atoms with van der Waals surface area (Å²) >= 11 is 0. The lowest BCUT2D eigenvalue weighted by atomic mass is 9.93. The predicted octanol–water partition coefficient (Wildman–Crippen LogP) is 5.71. The molecule has 25 heteroatoms. The number of likely N-dealkylation sites (N-methyl/N-ethyl adjacent to an activating group) is 7. The zero-order chi connectivity index (χ0) is 74.1. The molecule has 2 fully saturated rings. The average Bonchev–Trinajstić information content (AvgIpc) is 1.39. The zero-order valence-electron chi connectivity index (χ0n) is 62.7. The van der Waals surface area contributed by atoms with Crippen LogP contribution in [0.3, 0.4) is 0 Å². The van der Waals surface area contributed by atoms with Crippen molar-refractivity contribution < 1.29 is 67.0 Å². The van der Waals surface area contributed by atoms with Crippen LogP contribution in [0, 0.1) is 41.4 Å². The molecule has 0 saturated carbocycles. The van der Waals surface area contributed by atoms with Gasteiger partial charge in [-0.05, 0) is 105 Å². The fraction of sp³-hybridized carbons (Fsp3) is 0.685. The highest BCUT2D eigenvalue weighted by atomic mass is 16.7. The second-order valence-electron chi connectivity index (χ2n) is 29.4. The highest BCUT2D eigenvalue weighted by molar-refractivity contribution is 5.99. The molecule has 0 aromatic heterocycles. The Hall–Kier alpha value is -7.83. The Labute approximate surface area is 582 Å². The third-order valence-corrected chi connectivity index (χ3v) is 18.5. The number of ether oxygens (including phenoxy) is 3. The van der Waals surface area contributed by atoms with Crippen LogP contribution < -0.4 is 30.7 Å². The number of hydrogen-bond donors (Lipinski definition) is 4. The van der Waals surface area contributed by atoms with Crippen LogP contribution in [-0.4, -0.2) is 228 Å². The number of nitrogens with one attached hydrogen (secondary N) is 4. The molecule has 2 aliphatic rings. The molecular formula is C73H117N11O14. The molecule has 13 atom stereocenters.